The van der Waals surface area contributed by atoms with E-state index in [0.717, 1.165) is 53.4 Å². The molecule has 0 bridgehead atoms. The van der Waals surface area contributed by atoms with Gasteiger partial charge in [-0.2, -0.15) is 5.10 Å². The Labute approximate surface area is 187 Å². The van der Waals surface area contributed by atoms with Crippen molar-refractivity contribution in [3.63, 3.8) is 0 Å². The van der Waals surface area contributed by atoms with Crippen LogP contribution in [0.1, 0.15) is 28.7 Å². The van der Waals surface area contributed by atoms with E-state index in [1.807, 2.05) is 46.1 Å². The summed E-state index contributed by atoms with van der Waals surface area (Å²) in [5, 5.41) is 5.57. The van der Waals surface area contributed by atoms with Crippen LogP contribution < -0.4 is 4.90 Å². The number of hydrogen-bond donors (Lipinski definition) is 0. The molecule has 0 radical (unpaired) electrons. The average molecular weight is 427 g/mol. The molecule has 0 N–H and O–H groups in total. The molecule has 5 rings (SSSR count). The number of fused-ring (bicyclic) bond motifs is 1. The highest BCUT2D eigenvalue weighted by molar-refractivity contribution is 5.94. The van der Waals surface area contributed by atoms with Crippen molar-refractivity contribution < 1.29 is 4.79 Å². The zero-order valence-electron chi connectivity index (χ0n) is 18.4. The lowest BCUT2D eigenvalue weighted by atomic mass is 10.2. The highest BCUT2D eigenvalue weighted by atomic mass is 16.2. The summed E-state index contributed by atoms with van der Waals surface area (Å²) in [6.45, 7) is 6.91. The quantitative estimate of drug-likeness (QED) is 0.498. The predicted octanol–water partition coefficient (Wildman–Crippen LogP) is 3.65. The number of piperazine rings is 1. The maximum Gasteiger partial charge on any atom is 0.253 e. The molecule has 0 unspecified atom stereocenters. The molecule has 1 fully saturated rings. The Balaban J connectivity index is 1.43. The number of rotatable bonds is 4. The van der Waals surface area contributed by atoms with Gasteiger partial charge in [-0.1, -0.05) is 42.8 Å². The van der Waals surface area contributed by atoms with Gasteiger partial charge >= 0.3 is 0 Å². The lowest BCUT2D eigenvalue weighted by molar-refractivity contribution is 0.0746. The topological polar surface area (TPSA) is 67.2 Å². The fraction of sp³-hybridized carbons (Fsp3) is 0.280. The monoisotopic (exact) mass is 426 g/mol. The van der Waals surface area contributed by atoms with Gasteiger partial charge in [0.1, 0.15) is 11.6 Å². The van der Waals surface area contributed by atoms with Crippen LogP contribution in [-0.2, 0) is 6.42 Å². The van der Waals surface area contributed by atoms with Gasteiger partial charge in [-0.05, 0) is 31.2 Å². The molecule has 7 nitrogen and oxygen atoms in total. The van der Waals surface area contributed by atoms with E-state index in [1.54, 1.807) is 0 Å². The molecule has 4 aromatic rings. The van der Waals surface area contributed by atoms with Crippen LogP contribution >= 0.6 is 0 Å². The van der Waals surface area contributed by atoms with E-state index in [-0.39, 0.29) is 5.91 Å². The first-order chi connectivity index (χ1) is 15.6. The fourth-order valence-corrected chi connectivity index (χ4v) is 4.10. The van der Waals surface area contributed by atoms with Crippen molar-refractivity contribution in [2.24, 2.45) is 0 Å². The van der Waals surface area contributed by atoms with Gasteiger partial charge in [-0.3, -0.25) is 4.79 Å². The second-order valence-corrected chi connectivity index (χ2v) is 8.09. The molecule has 7 heteroatoms. The van der Waals surface area contributed by atoms with E-state index < -0.39 is 0 Å². The summed E-state index contributed by atoms with van der Waals surface area (Å²) in [6, 6.07) is 17.7. The SMILES string of the molecule is CCc1nc(N2CCN(C(=O)c3ccccc3)CC2)c2cnn(-c3ccc(C)cc3)c2n1. The normalized spacial score (nSPS) is 14.2. The molecule has 2 aromatic heterocycles. The molecule has 1 aliphatic rings. The van der Waals surface area contributed by atoms with E-state index in [9.17, 15) is 4.79 Å². The minimum atomic E-state index is 0.0829. The van der Waals surface area contributed by atoms with E-state index in [4.69, 9.17) is 9.97 Å². The second kappa shape index (κ2) is 8.42. The van der Waals surface area contributed by atoms with Crippen molar-refractivity contribution in [2.75, 3.05) is 31.1 Å². The number of carbonyl (C=O) groups is 1. The molecule has 1 amide bonds. The summed E-state index contributed by atoms with van der Waals surface area (Å²) in [6.07, 6.45) is 2.60. The van der Waals surface area contributed by atoms with Gasteiger partial charge < -0.3 is 9.80 Å². The molecule has 0 spiro atoms. The third kappa shape index (κ3) is 3.70. The molecule has 3 heterocycles. The highest BCUT2D eigenvalue weighted by Gasteiger charge is 2.25. The van der Waals surface area contributed by atoms with Crippen LogP contribution in [-0.4, -0.2) is 56.7 Å². The summed E-state index contributed by atoms with van der Waals surface area (Å²) in [5.41, 5.74) is 3.74. The number of amides is 1. The van der Waals surface area contributed by atoms with Crippen LogP contribution in [0.2, 0.25) is 0 Å². The maximum atomic E-state index is 12.8. The number of carbonyl (C=O) groups excluding carboxylic acids is 1. The van der Waals surface area contributed by atoms with Crippen molar-refractivity contribution >= 4 is 22.8 Å². The number of benzene rings is 2. The van der Waals surface area contributed by atoms with Crippen LogP contribution in [0, 0.1) is 6.92 Å². The summed E-state index contributed by atoms with van der Waals surface area (Å²) in [4.78, 5) is 26.6. The van der Waals surface area contributed by atoms with Gasteiger partial charge in [-0.15, -0.1) is 0 Å². The van der Waals surface area contributed by atoms with Crippen molar-refractivity contribution in [3.8, 4) is 5.69 Å². The van der Waals surface area contributed by atoms with Crippen LogP contribution in [0.5, 0.6) is 0 Å². The molecule has 162 valence electrons. The predicted molar refractivity (Wildman–Crippen MR) is 125 cm³/mol. The second-order valence-electron chi connectivity index (χ2n) is 8.09. The summed E-state index contributed by atoms with van der Waals surface area (Å²) >= 11 is 0. The van der Waals surface area contributed by atoms with Gasteiger partial charge in [-0.25, -0.2) is 14.6 Å². The largest absolute Gasteiger partial charge is 0.352 e. The average Bonchev–Trinajstić information content (AvgIpc) is 3.28. The Morgan fingerprint density at radius 3 is 2.34 bits per heavy atom. The maximum absolute atomic E-state index is 12.8. The first kappa shape index (κ1) is 20.2. The summed E-state index contributed by atoms with van der Waals surface area (Å²) in [7, 11) is 0. The van der Waals surface area contributed by atoms with Crippen LogP contribution in [0.4, 0.5) is 5.82 Å². The number of nitrogens with zero attached hydrogens (tertiary/aromatic N) is 6. The van der Waals surface area contributed by atoms with E-state index in [0.29, 0.717) is 13.1 Å². The van der Waals surface area contributed by atoms with E-state index >= 15 is 0 Å². The van der Waals surface area contributed by atoms with Crippen LogP contribution in [0.25, 0.3) is 16.7 Å². The molecule has 32 heavy (non-hydrogen) atoms. The van der Waals surface area contributed by atoms with Gasteiger partial charge in [0.25, 0.3) is 5.91 Å². The number of aryl methyl sites for hydroxylation is 2. The number of anilines is 1. The van der Waals surface area contributed by atoms with Crippen molar-refractivity contribution in [1.29, 1.82) is 0 Å². The molecule has 0 aliphatic carbocycles. The van der Waals surface area contributed by atoms with Gasteiger partial charge in [0.2, 0.25) is 0 Å². The lowest BCUT2D eigenvalue weighted by Crippen LogP contribution is -2.49. The Hall–Kier alpha value is -3.74. The molecule has 0 saturated carbocycles. The van der Waals surface area contributed by atoms with Crippen molar-refractivity contribution in [2.45, 2.75) is 20.3 Å². The smallest absolute Gasteiger partial charge is 0.253 e. The van der Waals surface area contributed by atoms with E-state index in [2.05, 4.69) is 48.1 Å². The van der Waals surface area contributed by atoms with Gasteiger partial charge in [0, 0.05) is 38.2 Å². The van der Waals surface area contributed by atoms with E-state index in [1.165, 1.54) is 5.56 Å². The standard InChI is InChI=1S/C25H26N6O/c1-3-22-27-23(21-17-26-31(24(21)28-22)20-11-9-18(2)10-12-20)29-13-15-30(16-14-29)25(32)19-7-5-4-6-8-19/h4-12,17H,3,13-16H2,1-2H3. The Morgan fingerprint density at radius 2 is 1.66 bits per heavy atom. The third-order valence-corrected chi connectivity index (χ3v) is 5.94. The molecular weight excluding hydrogens is 400 g/mol. The summed E-state index contributed by atoms with van der Waals surface area (Å²) in [5.74, 6) is 1.78. The fourth-order valence-electron chi connectivity index (χ4n) is 4.10. The zero-order valence-corrected chi connectivity index (χ0v) is 18.4. The molecule has 1 aliphatic heterocycles. The Kier molecular flexibility index (Phi) is 5.31. The van der Waals surface area contributed by atoms with Crippen LogP contribution in [0.15, 0.2) is 60.8 Å². The van der Waals surface area contributed by atoms with Gasteiger partial charge in [0.05, 0.1) is 17.3 Å². The third-order valence-electron chi connectivity index (χ3n) is 5.94. The van der Waals surface area contributed by atoms with Crippen molar-refractivity contribution in [1.82, 2.24) is 24.6 Å². The number of aromatic nitrogens is 4. The number of hydrogen-bond acceptors (Lipinski definition) is 5. The zero-order chi connectivity index (χ0) is 22.1. The summed E-state index contributed by atoms with van der Waals surface area (Å²) < 4.78 is 1.88. The molecule has 1 saturated heterocycles. The van der Waals surface area contributed by atoms with Crippen LogP contribution in [0.3, 0.4) is 0 Å². The minimum absolute atomic E-state index is 0.0829. The minimum Gasteiger partial charge on any atom is -0.352 e. The lowest BCUT2D eigenvalue weighted by Gasteiger charge is -2.35. The Bertz CT molecular complexity index is 1240. The van der Waals surface area contributed by atoms with Crippen molar-refractivity contribution in [3.05, 3.63) is 77.7 Å². The molecule has 2 aromatic carbocycles. The van der Waals surface area contributed by atoms with Gasteiger partial charge in [0.15, 0.2) is 5.65 Å². The highest BCUT2D eigenvalue weighted by Crippen LogP contribution is 2.27. The molecular formula is C25H26N6O. The molecule has 0 atom stereocenters. The Morgan fingerprint density at radius 1 is 0.938 bits per heavy atom. The first-order valence-corrected chi connectivity index (χ1v) is 11.0. The first-order valence-electron chi connectivity index (χ1n) is 11.0.